The van der Waals surface area contributed by atoms with Gasteiger partial charge in [-0.25, -0.2) is 14.1 Å². The van der Waals surface area contributed by atoms with Gasteiger partial charge in [0, 0.05) is 6.61 Å². The zero-order valence-electron chi connectivity index (χ0n) is 33.5. The fourth-order valence-corrected chi connectivity index (χ4v) is 8.41. The number of aliphatic hydroxyl groups is 2. The van der Waals surface area contributed by atoms with E-state index >= 15 is 0 Å². The number of anilines is 1. The van der Waals surface area contributed by atoms with Gasteiger partial charge in [0.2, 0.25) is 5.60 Å². The Kier molecular flexibility index (Phi) is 17.2. The number of fused-ring (bicyclic) bond motifs is 2. The summed E-state index contributed by atoms with van der Waals surface area (Å²) in [6.07, 6.45) is 16.0. The molecule has 0 aliphatic carbocycles. The topological polar surface area (TPSA) is 232 Å². The number of carbonyl (C=O) groups is 2. The van der Waals surface area contributed by atoms with E-state index in [0.29, 0.717) is 12.1 Å². The molecule has 2 aliphatic heterocycles. The smallest absolute Gasteiger partial charge is 0.387 e. The number of imide groups is 1. The Labute approximate surface area is 340 Å². The zero-order chi connectivity index (χ0) is 41.5. The molecular formula is C41H59N6O10P. The number of carbonyl (C=O) groups excluding carboxylic acids is 2. The molecule has 1 aromatic carbocycles. The molecule has 1 unspecified atom stereocenters. The minimum atomic E-state index is -4.94. The molecule has 5 rings (SSSR count). The maximum absolute atomic E-state index is 13.3. The van der Waals surface area contributed by atoms with Crippen LogP contribution in [-0.2, 0) is 28.7 Å². The second-order valence-corrected chi connectivity index (χ2v) is 16.7. The van der Waals surface area contributed by atoms with Crippen LogP contribution in [0.3, 0.4) is 0 Å². The largest absolute Gasteiger partial charge is 0.472 e. The number of nitrogens with two attached hydrogens (primary N) is 1. The highest BCUT2D eigenvalue weighted by atomic mass is 31.2. The van der Waals surface area contributed by atoms with Crippen LogP contribution in [0.1, 0.15) is 136 Å². The number of aromatic nitrogens is 3. The maximum Gasteiger partial charge on any atom is 0.472 e. The molecule has 58 heavy (non-hydrogen) atoms. The van der Waals surface area contributed by atoms with Crippen LogP contribution in [-0.4, -0.2) is 97.2 Å². The second kappa shape index (κ2) is 22.0. The Morgan fingerprint density at radius 2 is 1.45 bits per heavy atom. The number of unbranched alkanes of at least 4 members (excludes halogenated alkanes) is 15. The minimum Gasteiger partial charge on any atom is -0.387 e. The highest BCUT2D eigenvalue weighted by molar-refractivity contribution is 7.47. The standard InChI is InChI=1S/C41H59N6O10P/c1-2-3-4-5-6-7-8-9-10-11-12-13-14-15-16-19-24-54-25-30(46-39(50)31-20-17-18-21-32(31)40(46)51)26-55-58(52,53)56-27-34-36(48)37(49)41(28-42,57-34)35-23-22-33-38(43)44-29-45-47(33)35/h17-18,20-23,29-30,34,36-37,48-49H,2-16,19,24-27H2,1H3,(H,52,53)(H2,43,44,45)/t30-,34-,36-,37-,41+/m1/s1. The zero-order valence-corrected chi connectivity index (χ0v) is 34.3. The van der Waals surface area contributed by atoms with Gasteiger partial charge in [-0.05, 0) is 30.7 Å². The van der Waals surface area contributed by atoms with E-state index in [2.05, 4.69) is 17.0 Å². The molecule has 2 aromatic heterocycles. The first-order valence-electron chi connectivity index (χ1n) is 20.7. The number of nitrogen functional groups attached to an aromatic ring is 1. The van der Waals surface area contributed by atoms with E-state index < -0.39 is 62.8 Å². The molecule has 16 nitrogen and oxygen atoms in total. The fraction of sp³-hybridized carbons (Fsp3) is 0.634. The number of nitriles is 1. The van der Waals surface area contributed by atoms with E-state index in [-0.39, 0.29) is 29.2 Å². The van der Waals surface area contributed by atoms with Crippen molar-refractivity contribution >= 4 is 31.0 Å². The number of nitrogens with zero attached hydrogens (tertiary/aromatic N) is 5. The van der Waals surface area contributed by atoms with Crippen molar-refractivity contribution in [2.75, 3.05) is 32.2 Å². The van der Waals surface area contributed by atoms with Gasteiger partial charge >= 0.3 is 7.82 Å². The number of benzene rings is 1. The minimum absolute atomic E-state index is 0.0416. The predicted molar refractivity (Wildman–Crippen MR) is 214 cm³/mol. The average Bonchev–Trinajstić information content (AvgIpc) is 3.85. The summed E-state index contributed by atoms with van der Waals surface area (Å²) in [5, 5.41) is 36.1. The third-order valence-electron chi connectivity index (χ3n) is 11.0. The number of hydrogen-bond acceptors (Lipinski definition) is 13. The number of amides is 2. The van der Waals surface area contributed by atoms with E-state index in [1.54, 1.807) is 12.1 Å². The molecule has 6 atom stereocenters. The monoisotopic (exact) mass is 826 g/mol. The van der Waals surface area contributed by atoms with Crippen LogP contribution in [0.25, 0.3) is 5.52 Å². The summed E-state index contributed by atoms with van der Waals surface area (Å²) < 4.78 is 36.6. The Morgan fingerprint density at radius 1 is 0.879 bits per heavy atom. The van der Waals surface area contributed by atoms with Gasteiger partial charge in [0.25, 0.3) is 11.8 Å². The van der Waals surface area contributed by atoms with Crippen molar-refractivity contribution in [3.63, 3.8) is 0 Å². The first-order chi connectivity index (χ1) is 28.0. The van der Waals surface area contributed by atoms with E-state index in [1.807, 2.05) is 6.07 Å². The van der Waals surface area contributed by atoms with Crippen LogP contribution in [0.4, 0.5) is 5.82 Å². The van der Waals surface area contributed by atoms with E-state index in [1.165, 1.54) is 106 Å². The average molecular weight is 827 g/mol. The highest BCUT2D eigenvalue weighted by Crippen LogP contribution is 2.46. The summed E-state index contributed by atoms with van der Waals surface area (Å²) in [7, 11) is -4.94. The molecule has 0 saturated carbocycles. The van der Waals surface area contributed by atoms with Gasteiger partial charge in [-0.2, -0.15) is 10.4 Å². The van der Waals surface area contributed by atoms with Gasteiger partial charge in [0.05, 0.1) is 42.7 Å². The van der Waals surface area contributed by atoms with E-state index in [0.717, 1.165) is 36.9 Å². The first kappa shape index (κ1) is 45.3. The number of ether oxygens (including phenoxy) is 2. The van der Waals surface area contributed by atoms with Gasteiger partial charge in [0.15, 0.2) is 5.82 Å². The summed E-state index contributed by atoms with van der Waals surface area (Å²) in [5.41, 5.74) is 4.53. The number of aliphatic hydroxyl groups excluding tert-OH is 2. The Hall–Kier alpha value is -3.78. The third-order valence-corrected chi connectivity index (χ3v) is 11.9. The summed E-state index contributed by atoms with van der Waals surface area (Å²) in [4.78, 5) is 42.2. The molecule has 5 N–H and O–H groups in total. The van der Waals surface area contributed by atoms with E-state index in [9.17, 15) is 34.5 Å². The lowest BCUT2D eigenvalue weighted by molar-refractivity contribution is -0.0647. The van der Waals surface area contributed by atoms with Crippen LogP contribution in [0.2, 0.25) is 0 Å². The van der Waals surface area contributed by atoms with Crippen LogP contribution < -0.4 is 5.73 Å². The Bertz CT molecular complexity index is 1850. The molecule has 318 valence electrons. The van der Waals surface area contributed by atoms with Crippen LogP contribution in [0.5, 0.6) is 0 Å². The van der Waals surface area contributed by atoms with Gasteiger partial charge in [0.1, 0.15) is 36.2 Å². The van der Waals surface area contributed by atoms with Crippen molar-refractivity contribution in [2.45, 2.75) is 140 Å². The summed E-state index contributed by atoms with van der Waals surface area (Å²) in [6, 6.07) is 10.1. The number of rotatable bonds is 27. The maximum atomic E-state index is 13.3. The van der Waals surface area contributed by atoms with Gasteiger partial charge < -0.3 is 30.3 Å². The Balaban J connectivity index is 1.07. The quantitative estimate of drug-likeness (QED) is 0.0379. The predicted octanol–water partition coefficient (Wildman–Crippen LogP) is 6.23. The van der Waals surface area contributed by atoms with Crippen molar-refractivity contribution in [1.82, 2.24) is 19.5 Å². The molecule has 17 heteroatoms. The first-order valence-corrected chi connectivity index (χ1v) is 22.2. The van der Waals surface area contributed by atoms with Gasteiger partial charge in [-0.3, -0.25) is 23.5 Å². The summed E-state index contributed by atoms with van der Waals surface area (Å²) in [6.45, 7) is 1.09. The summed E-state index contributed by atoms with van der Waals surface area (Å²) in [5.74, 6) is -1.06. The number of phosphoric acid groups is 1. The molecule has 0 bridgehead atoms. The molecule has 0 radical (unpaired) electrons. The van der Waals surface area contributed by atoms with Crippen molar-refractivity contribution in [1.29, 1.82) is 5.26 Å². The van der Waals surface area contributed by atoms with Crippen molar-refractivity contribution in [3.8, 4) is 6.07 Å². The Morgan fingerprint density at radius 3 is 2.02 bits per heavy atom. The molecule has 0 spiro atoms. The van der Waals surface area contributed by atoms with Crippen molar-refractivity contribution in [3.05, 3.63) is 59.5 Å². The van der Waals surface area contributed by atoms with Crippen LogP contribution in [0.15, 0.2) is 42.7 Å². The van der Waals surface area contributed by atoms with Gasteiger partial charge in [-0.1, -0.05) is 115 Å². The van der Waals surface area contributed by atoms with Crippen LogP contribution in [0, 0.1) is 11.3 Å². The SMILES string of the molecule is CCCCCCCCCCCCCCCCCCOC[C@H](COP(=O)(O)OC[C@H]1O[C@@](C#N)(c2ccc3c(N)ncnn23)[C@H](O)[C@@H]1O)N1C(=O)c2ccccc2C1=O. The lowest BCUT2D eigenvalue weighted by Crippen LogP contribution is -2.45. The molecule has 4 heterocycles. The number of hydrogen-bond donors (Lipinski definition) is 4. The normalized spacial score (nSPS) is 22.1. The lowest BCUT2D eigenvalue weighted by Gasteiger charge is -2.27. The van der Waals surface area contributed by atoms with Crippen molar-refractivity contribution < 1.29 is 47.8 Å². The third kappa shape index (κ3) is 11.3. The summed E-state index contributed by atoms with van der Waals surface area (Å²) >= 11 is 0. The molecule has 1 fully saturated rings. The van der Waals surface area contributed by atoms with Crippen molar-refractivity contribution in [2.24, 2.45) is 0 Å². The molecule has 2 amide bonds. The van der Waals surface area contributed by atoms with Crippen LogP contribution >= 0.6 is 7.82 Å². The van der Waals surface area contributed by atoms with Gasteiger partial charge in [-0.15, -0.1) is 0 Å². The molecular weight excluding hydrogens is 767 g/mol. The lowest BCUT2D eigenvalue weighted by atomic mass is 9.92. The molecule has 2 aliphatic rings. The molecule has 3 aromatic rings. The highest BCUT2D eigenvalue weighted by Gasteiger charge is 2.58. The fourth-order valence-electron chi connectivity index (χ4n) is 7.64. The van der Waals surface area contributed by atoms with E-state index in [4.69, 9.17) is 24.3 Å². The number of phosphoric ester groups is 1. The second-order valence-electron chi connectivity index (χ2n) is 15.2. The molecule has 1 saturated heterocycles.